The topological polar surface area (TPSA) is 63.9 Å². The van der Waals surface area contributed by atoms with E-state index in [1.807, 2.05) is 19.1 Å². The van der Waals surface area contributed by atoms with E-state index in [4.69, 9.17) is 13.9 Å². The molecule has 5 nitrogen and oxygen atoms in total. The Bertz CT molecular complexity index is 316. The molecule has 0 saturated carbocycles. The zero-order valence-electron chi connectivity index (χ0n) is 12.5. The average molecular weight is 285 g/mol. The molecule has 0 saturated heterocycles. The van der Waals surface area contributed by atoms with Crippen LogP contribution in [0.15, 0.2) is 22.8 Å². The summed E-state index contributed by atoms with van der Waals surface area (Å²) in [6.45, 7) is 6.80. The van der Waals surface area contributed by atoms with Gasteiger partial charge in [0.2, 0.25) is 0 Å². The number of nitrogens with one attached hydrogen (secondary N) is 1. The van der Waals surface area contributed by atoms with Crippen LogP contribution < -0.4 is 5.32 Å². The molecule has 0 aromatic carbocycles. The molecule has 0 amide bonds. The van der Waals surface area contributed by atoms with E-state index in [1.165, 1.54) is 0 Å². The molecule has 2 atom stereocenters. The standard InChI is InChI=1S/C15H27NO4/c1-3-4-7-18-9-10-19-12-14(17)11-16-13(2)15-6-5-8-20-15/h5-6,8,13-14,16-17H,3-4,7,9-12H2,1-2H3/t13-,14?/m1/s1. The summed E-state index contributed by atoms with van der Waals surface area (Å²) in [7, 11) is 0. The summed E-state index contributed by atoms with van der Waals surface area (Å²) >= 11 is 0. The van der Waals surface area contributed by atoms with Crippen LogP contribution in [0, 0.1) is 0 Å². The smallest absolute Gasteiger partial charge is 0.120 e. The first-order chi connectivity index (χ1) is 9.74. The molecule has 0 bridgehead atoms. The Kier molecular flexibility index (Phi) is 9.32. The zero-order chi connectivity index (χ0) is 14.6. The predicted molar refractivity (Wildman–Crippen MR) is 77.7 cm³/mol. The molecule has 1 aromatic rings. The third kappa shape index (κ3) is 7.65. The molecule has 0 fully saturated rings. The lowest BCUT2D eigenvalue weighted by molar-refractivity contribution is 0.00317. The molecule has 1 rings (SSSR count). The summed E-state index contributed by atoms with van der Waals surface area (Å²) in [5.41, 5.74) is 0. The van der Waals surface area contributed by atoms with Crippen molar-refractivity contribution >= 4 is 0 Å². The first-order valence-corrected chi connectivity index (χ1v) is 7.34. The van der Waals surface area contributed by atoms with Gasteiger partial charge in [0, 0.05) is 13.2 Å². The Morgan fingerprint density at radius 1 is 1.30 bits per heavy atom. The second-order valence-electron chi connectivity index (χ2n) is 4.84. The quantitative estimate of drug-likeness (QED) is 0.576. The lowest BCUT2D eigenvalue weighted by Crippen LogP contribution is -2.32. The first kappa shape index (κ1) is 17.2. The predicted octanol–water partition coefficient (Wildman–Crippen LogP) is 2.12. The van der Waals surface area contributed by atoms with Gasteiger partial charge >= 0.3 is 0 Å². The minimum absolute atomic E-state index is 0.0806. The van der Waals surface area contributed by atoms with Crippen LogP contribution in [0.4, 0.5) is 0 Å². The average Bonchev–Trinajstić information content (AvgIpc) is 2.98. The van der Waals surface area contributed by atoms with Crippen LogP contribution >= 0.6 is 0 Å². The maximum atomic E-state index is 9.78. The fourth-order valence-corrected chi connectivity index (χ4v) is 1.70. The minimum atomic E-state index is -0.525. The Balaban J connectivity index is 1.96. The highest BCUT2D eigenvalue weighted by Crippen LogP contribution is 2.11. The van der Waals surface area contributed by atoms with E-state index in [9.17, 15) is 5.11 Å². The largest absolute Gasteiger partial charge is 0.468 e. The van der Waals surface area contributed by atoms with E-state index in [0.717, 1.165) is 25.2 Å². The second kappa shape index (κ2) is 10.9. The van der Waals surface area contributed by atoms with Gasteiger partial charge in [0.1, 0.15) is 5.76 Å². The van der Waals surface area contributed by atoms with Crippen molar-refractivity contribution in [1.82, 2.24) is 5.32 Å². The molecular formula is C15H27NO4. The Morgan fingerprint density at radius 2 is 2.10 bits per heavy atom. The van der Waals surface area contributed by atoms with Crippen LogP contribution in [-0.2, 0) is 9.47 Å². The van der Waals surface area contributed by atoms with Gasteiger partial charge in [-0.1, -0.05) is 13.3 Å². The summed E-state index contributed by atoms with van der Waals surface area (Å²) in [6, 6.07) is 3.84. The van der Waals surface area contributed by atoms with Gasteiger partial charge in [-0.05, 0) is 25.5 Å². The van der Waals surface area contributed by atoms with Crippen molar-refractivity contribution in [3.05, 3.63) is 24.2 Å². The van der Waals surface area contributed by atoms with Gasteiger partial charge in [0.15, 0.2) is 0 Å². The van der Waals surface area contributed by atoms with Gasteiger partial charge in [-0.15, -0.1) is 0 Å². The van der Waals surface area contributed by atoms with Gasteiger partial charge in [0.25, 0.3) is 0 Å². The number of hydrogen-bond donors (Lipinski definition) is 2. The SMILES string of the molecule is CCCCOCCOCC(O)CN[C@H](C)c1ccco1. The van der Waals surface area contributed by atoms with Gasteiger partial charge in [-0.2, -0.15) is 0 Å². The van der Waals surface area contributed by atoms with Gasteiger partial charge in [0.05, 0.1) is 38.2 Å². The minimum Gasteiger partial charge on any atom is -0.468 e. The van der Waals surface area contributed by atoms with Crippen LogP contribution in [0.3, 0.4) is 0 Å². The number of hydrogen-bond acceptors (Lipinski definition) is 5. The molecule has 1 aromatic heterocycles. The molecule has 0 aliphatic heterocycles. The fourth-order valence-electron chi connectivity index (χ4n) is 1.70. The van der Waals surface area contributed by atoms with E-state index in [2.05, 4.69) is 12.2 Å². The first-order valence-electron chi connectivity index (χ1n) is 7.34. The van der Waals surface area contributed by atoms with Crippen LogP contribution in [0.1, 0.15) is 38.5 Å². The molecule has 0 aliphatic carbocycles. The zero-order valence-corrected chi connectivity index (χ0v) is 12.5. The molecule has 20 heavy (non-hydrogen) atoms. The lowest BCUT2D eigenvalue weighted by atomic mass is 10.2. The molecule has 0 radical (unpaired) electrons. The summed E-state index contributed by atoms with van der Waals surface area (Å²) in [5.74, 6) is 0.863. The Labute approximate surface area is 121 Å². The molecule has 0 spiro atoms. The van der Waals surface area contributed by atoms with Crippen molar-refractivity contribution in [3.8, 4) is 0 Å². The van der Waals surface area contributed by atoms with Crippen molar-refractivity contribution in [2.45, 2.75) is 38.8 Å². The fraction of sp³-hybridized carbons (Fsp3) is 0.733. The maximum Gasteiger partial charge on any atom is 0.120 e. The van der Waals surface area contributed by atoms with Crippen molar-refractivity contribution in [1.29, 1.82) is 0 Å². The Hall–Kier alpha value is -0.880. The molecule has 0 aliphatic rings. The number of aliphatic hydroxyl groups excluding tert-OH is 1. The molecule has 1 unspecified atom stereocenters. The molecule has 5 heteroatoms. The van der Waals surface area contributed by atoms with Gasteiger partial charge < -0.3 is 24.3 Å². The van der Waals surface area contributed by atoms with Gasteiger partial charge in [-0.25, -0.2) is 0 Å². The van der Waals surface area contributed by atoms with Crippen LogP contribution in [0.2, 0.25) is 0 Å². The second-order valence-corrected chi connectivity index (χ2v) is 4.84. The molecule has 1 heterocycles. The molecule has 2 N–H and O–H groups in total. The number of unbranched alkanes of at least 4 members (excludes halogenated alkanes) is 1. The molecule has 116 valence electrons. The van der Waals surface area contributed by atoms with Crippen LogP contribution in [-0.4, -0.2) is 44.2 Å². The van der Waals surface area contributed by atoms with Crippen molar-refractivity contribution in [2.75, 3.05) is 33.0 Å². The van der Waals surface area contributed by atoms with Crippen LogP contribution in [0.25, 0.3) is 0 Å². The van der Waals surface area contributed by atoms with Crippen molar-refractivity contribution < 1.29 is 19.0 Å². The van der Waals surface area contributed by atoms with E-state index in [0.29, 0.717) is 26.4 Å². The monoisotopic (exact) mass is 285 g/mol. The highest BCUT2D eigenvalue weighted by Gasteiger charge is 2.10. The number of furan rings is 1. The van der Waals surface area contributed by atoms with Crippen LogP contribution in [0.5, 0.6) is 0 Å². The number of ether oxygens (including phenoxy) is 2. The normalized spacial score (nSPS) is 14.3. The van der Waals surface area contributed by atoms with E-state index >= 15 is 0 Å². The van der Waals surface area contributed by atoms with E-state index in [-0.39, 0.29) is 6.04 Å². The maximum absolute atomic E-state index is 9.78. The third-order valence-electron chi connectivity index (χ3n) is 2.95. The highest BCUT2D eigenvalue weighted by molar-refractivity contribution is 5.02. The van der Waals surface area contributed by atoms with E-state index < -0.39 is 6.10 Å². The number of aliphatic hydroxyl groups is 1. The Morgan fingerprint density at radius 3 is 2.80 bits per heavy atom. The lowest BCUT2D eigenvalue weighted by Gasteiger charge is -2.15. The summed E-state index contributed by atoms with van der Waals surface area (Å²) in [4.78, 5) is 0. The van der Waals surface area contributed by atoms with E-state index in [1.54, 1.807) is 6.26 Å². The molecular weight excluding hydrogens is 258 g/mol. The van der Waals surface area contributed by atoms with Gasteiger partial charge in [-0.3, -0.25) is 0 Å². The number of rotatable bonds is 12. The summed E-state index contributed by atoms with van der Waals surface area (Å²) in [6.07, 6.45) is 3.34. The van der Waals surface area contributed by atoms with Crippen molar-refractivity contribution in [3.63, 3.8) is 0 Å². The summed E-state index contributed by atoms with van der Waals surface area (Å²) in [5, 5.41) is 13.0. The van der Waals surface area contributed by atoms with Crippen molar-refractivity contribution in [2.24, 2.45) is 0 Å². The third-order valence-corrected chi connectivity index (χ3v) is 2.95. The highest BCUT2D eigenvalue weighted by atomic mass is 16.5. The summed E-state index contributed by atoms with van der Waals surface area (Å²) < 4.78 is 16.0.